The van der Waals surface area contributed by atoms with E-state index in [1.807, 2.05) is 12.1 Å². The molecule has 4 nitrogen and oxygen atoms in total. The third kappa shape index (κ3) is 2.23. The van der Waals surface area contributed by atoms with Gasteiger partial charge in [-0.2, -0.15) is 0 Å². The Balaban J connectivity index is 2.55. The van der Waals surface area contributed by atoms with Crippen LogP contribution in [-0.2, 0) is 11.2 Å². The highest BCUT2D eigenvalue weighted by Gasteiger charge is 2.12. The van der Waals surface area contributed by atoms with E-state index in [2.05, 4.69) is 25.8 Å². The van der Waals surface area contributed by atoms with Gasteiger partial charge in [0.25, 0.3) is 0 Å². The number of hydrogen-bond donors (Lipinski definition) is 0. The number of carbonyl (C=O) groups is 1. The van der Waals surface area contributed by atoms with Crippen LogP contribution in [0, 0.1) is 12.8 Å². The lowest BCUT2D eigenvalue weighted by Crippen LogP contribution is -2.10. The molecule has 0 N–H and O–H groups in total. The number of aromatic nitrogens is 2. The zero-order valence-corrected chi connectivity index (χ0v) is 11.2. The molecule has 0 atom stereocenters. The molecule has 2 rings (SSSR count). The molecule has 0 fully saturated rings. The van der Waals surface area contributed by atoms with Crippen LogP contribution < -0.4 is 0 Å². The Bertz CT molecular complexity index is 585. The average molecular weight is 246 g/mol. The number of methoxy groups -OCH3 is 1. The quantitative estimate of drug-likeness (QED) is 0.817. The number of rotatable bonds is 2. The zero-order valence-electron chi connectivity index (χ0n) is 11.2. The Morgan fingerprint density at radius 2 is 2.17 bits per heavy atom. The highest BCUT2D eigenvalue weighted by molar-refractivity contribution is 5.87. The molecule has 1 aromatic carbocycles. The first-order valence-electron chi connectivity index (χ1n) is 6.07. The summed E-state index contributed by atoms with van der Waals surface area (Å²) < 4.78 is 6.18. The fraction of sp³-hybridized carbons (Fsp3) is 0.429. The van der Waals surface area contributed by atoms with E-state index in [4.69, 9.17) is 4.74 Å². The van der Waals surface area contributed by atoms with Gasteiger partial charge in [-0.3, -0.25) is 0 Å². The highest BCUT2D eigenvalue weighted by Crippen LogP contribution is 2.21. The summed E-state index contributed by atoms with van der Waals surface area (Å²) in [5.74, 6) is 0.579. The van der Waals surface area contributed by atoms with Gasteiger partial charge in [0, 0.05) is 0 Å². The number of fused-ring (bicyclic) bond motifs is 1. The monoisotopic (exact) mass is 246 g/mol. The predicted molar refractivity (Wildman–Crippen MR) is 70.8 cm³/mol. The van der Waals surface area contributed by atoms with Crippen LogP contribution in [-0.4, -0.2) is 22.8 Å². The fourth-order valence-electron chi connectivity index (χ4n) is 2.11. The Kier molecular flexibility index (Phi) is 3.36. The van der Waals surface area contributed by atoms with Crippen molar-refractivity contribution in [2.45, 2.75) is 27.2 Å². The largest absolute Gasteiger partial charge is 0.452 e. The van der Waals surface area contributed by atoms with E-state index in [1.54, 1.807) is 0 Å². The maximum absolute atomic E-state index is 11.6. The summed E-state index contributed by atoms with van der Waals surface area (Å²) in [5, 5.41) is 0. The molecule has 0 bridgehead atoms. The molecule has 96 valence electrons. The van der Waals surface area contributed by atoms with Gasteiger partial charge >= 0.3 is 6.09 Å². The molecule has 4 heteroatoms. The van der Waals surface area contributed by atoms with E-state index >= 15 is 0 Å². The molecule has 0 amide bonds. The van der Waals surface area contributed by atoms with Crippen LogP contribution in [0.4, 0.5) is 4.79 Å². The Morgan fingerprint density at radius 3 is 2.78 bits per heavy atom. The van der Waals surface area contributed by atoms with Crippen molar-refractivity contribution in [3.8, 4) is 0 Å². The Labute approximate surface area is 107 Å². The minimum atomic E-state index is -0.406. The lowest BCUT2D eigenvalue weighted by atomic mass is 9.98. The third-order valence-electron chi connectivity index (χ3n) is 3.00. The molecule has 0 aliphatic rings. The number of ether oxygens (including phenoxy) is 1. The molecule has 0 unspecified atom stereocenters. The number of aryl methyl sites for hydroxylation is 1. The summed E-state index contributed by atoms with van der Waals surface area (Å²) in [6, 6.07) is 4.06. The number of carbonyl (C=O) groups excluding carboxylic acids is 1. The van der Waals surface area contributed by atoms with Crippen molar-refractivity contribution in [3.63, 3.8) is 0 Å². The normalized spacial score (nSPS) is 11.2. The van der Waals surface area contributed by atoms with Crippen LogP contribution >= 0.6 is 0 Å². The molecule has 0 saturated heterocycles. The fourth-order valence-corrected chi connectivity index (χ4v) is 2.11. The molecule has 1 heterocycles. The summed E-state index contributed by atoms with van der Waals surface area (Å²) in [6.45, 7) is 6.44. The van der Waals surface area contributed by atoms with Gasteiger partial charge in [0.2, 0.25) is 0 Å². The number of hydrogen-bond acceptors (Lipinski definition) is 3. The second kappa shape index (κ2) is 4.80. The van der Waals surface area contributed by atoms with E-state index in [0.717, 1.165) is 17.5 Å². The van der Waals surface area contributed by atoms with Crippen molar-refractivity contribution < 1.29 is 9.53 Å². The van der Waals surface area contributed by atoms with E-state index in [-0.39, 0.29) is 0 Å². The first-order chi connectivity index (χ1) is 8.52. The smallest absolute Gasteiger partial charge is 0.419 e. The number of benzene rings is 1. The minimum absolute atomic E-state index is 0.406. The van der Waals surface area contributed by atoms with Gasteiger partial charge in [0.1, 0.15) is 6.33 Å². The van der Waals surface area contributed by atoms with Crippen LogP contribution in [0.5, 0.6) is 0 Å². The molecule has 0 aliphatic carbocycles. The van der Waals surface area contributed by atoms with Gasteiger partial charge in [-0.25, -0.2) is 14.3 Å². The van der Waals surface area contributed by atoms with Gasteiger partial charge in [-0.15, -0.1) is 0 Å². The summed E-state index contributed by atoms with van der Waals surface area (Å²) in [4.78, 5) is 15.8. The summed E-state index contributed by atoms with van der Waals surface area (Å²) >= 11 is 0. The van der Waals surface area contributed by atoms with E-state index < -0.39 is 6.09 Å². The first-order valence-corrected chi connectivity index (χ1v) is 6.07. The van der Waals surface area contributed by atoms with Crippen LogP contribution in [0.1, 0.15) is 25.0 Å². The molecule has 1 aromatic heterocycles. The minimum Gasteiger partial charge on any atom is -0.452 e. The third-order valence-corrected chi connectivity index (χ3v) is 3.00. The van der Waals surface area contributed by atoms with Crippen molar-refractivity contribution in [2.24, 2.45) is 5.92 Å². The summed E-state index contributed by atoms with van der Waals surface area (Å²) in [6.07, 6.45) is 2.10. The van der Waals surface area contributed by atoms with E-state index in [0.29, 0.717) is 5.92 Å². The van der Waals surface area contributed by atoms with Crippen LogP contribution in [0.2, 0.25) is 0 Å². The molecular formula is C14H18N2O2. The van der Waals surface area contributed by atoms with Crippen molar-refractivity contribution in [2.75, 3.05) is 7.11 Å². The Morgan fingerprint density at radius 1 is 1.44 bits per heavy atom. The van der Waals surface area contributed by atoms with Gasteiger partial charge in [-0.05, 0) is 42.5 Å². The van der Waals surface area contributed by atoms with Gasteiger partial charge in [0.05, 0.1) is 18.1 Å². The maximum Gasteiger partial charge on any atom is 0.419 e. The number of nitrogens with zero attached hydrogens (tertiary/aromatic N) is 2. The maximum atomic E-state index is 11.6. The second-order valence-electron chi connectivity index (χ2n) is 4.95. The van der Waals surface area contributed by atoms with Crippen LogP contribution in [0.3, 0.4) is 0 Å². The lowest BCUT2D eigenvalue weighted by molar-refractivity contribution is 0.174. The van der Waals surface area contributed by atoms with Crippen molar-refractivity contribution in [1.82, 2.24) is 9.55 Å². The number of imidazole rings is 1. The van der Waals surface area contributed by atoms with E-state index in [9.17, 15) is 4.79 Å². The topological polar surface area (TPSA) is 44.1 Å². The van der Waals surface area contributed by atoms with Gasteiger partial charge in [0.15, 0.2) is 0 Å². The lowest BCUT2D eigenvalue weighted by Gasteiger charge is -2.09. The van der Waals surface area contributed by atoms with Crippen LogP contribution in [0.15, 0.2) is 18.5 Å². The second-order valence-corrected chi connectivity index (χ2v) is 4.95. The predicted octanol–water partition coefficient (Wildman–Crippen LogP) is 3.16. The molecular weight excluding hydrogens is 228 g/mol. The van der Waals surface area contributed by atoms with Gasteiger partial charge in [-0.1, -0.05) is 13.8 Å². The van der Waals surface area contributed by atoms with Crippen LogP contribution in [0.25, 0.3) is 11.0 Å². The molecule has 2 aromatic rings. The zero-order chi connectivity index (χ0) is 13.3. The Hall–Kier alpha value is -1.84. The average Bonchev–Trinajstić information content (AvgIpc) is 2.70. The summed E-state index contributed by atoms with van der Waals surface area (Å²) in [5.41, 5.74) is 4.10. The van der Waals surface area contributed by atoms with Crippen molar-refractivity contribution >= 4 is 17.1 Å². The highest BCUT2D eigenvalue weighted by atomic mass is 16.5. The van der Waals surface area contributed by atoms with Crippen molar-refractivity contribution in [3.05, 3.63) is 29.6 Å². The van der Waals surface area contributed by atoms with Crippen molar-refractivity contribution in [1.29, 1.82) is 0 Å². The molecule has 18 heavy (non-hydrogen) atoms. The summed E-state index contributed by atoms with van der Waals surface area (Å²) in [7, 11) is 1.37. The molecule has 0 aliphatic heterocycles. The molecule has 0 radical (unpaired) electrons. The van der Waals surface area contributed by atoms with E-state index in [1.165, 1.54) is 29.1 Å². The SMILES string of the molecule is COC(=O)n1cnc2cc(C)c(CC(C)C)cc21. The van der Waals surface area contributed by atoms with Gasteiger partial charge < -0.3 is 4.74 Å². The molecule has 0 saturated carbocycles. The standard InChI is InChI=1S/C14H18N2O2/c1-9(2)5-11-7-13-12(6-10(11)3)15-8-16(13)14(17)18-4/h6-9H,5H2,1-4H3. The molecule has 0 spiro atoms. The first kappa shape index (κ1) is 12.6.